The van der Waals surface area contributed by atoms with Crippen molar-refractivity contribution < 1.29 is 0 Å². The molecular formula is C19H26IN5S. The summed E-state index contributed by atoms with van der Waals surface area (Å²) in [5, 5.41) is 8.86. The van der Waals surface area contributed by atoms with Crippen LogP contribution in [0.15, 0.2) is 47.0 Å². The molecule has 0 unspecified atom stereocenters. The quantitative estimate of drug-likeness (QED) is 0.230. The number of halogens is 1. The van der Waals surface area contributed by atoms with Gasteiger partial charge in [0.05, 0.1) is 23.9 Å². The third-order valence-electron chi connectivity index (χ3n) is 4.09. The van der Waals surface area contributed by atoms with Crippen LogP contribution in [0.1, 0.15) is 23.8 Å². The molecule has 0 bridgehead atoms. The van der Waals surface area contributed by atoms with Gasteiger partial charge in [-0.2, -0.15) is 0 Å². The molecule has 2 N–H and O–H groups in total. The lowest BCUT2D eigenvalue weighted by molar-refractivity contribution is 0.637. The molecule has 0 aliphatic heterocycles. The topological polar surface area (TPSA) is 54.2 Å². The number of para-hydroxylation sites is 2. The minimum absolute atomic E-state index is 0. The van der Waals surface area contributed by atoms with Crippen molar-refractivity contribution in [2.75, 3.05) is 13.1 Å². The minimum atomic E-state index is 0. The van der Waals surface area contributed by atoms with Gasteiger partial charge < -0.3 is 15.2 Å². The molecule has 2 heterocycles. The van der Waals surface area contributed by atoms with Crippen LogP contribution < -0.4 is 10.6 Å². The highest BCUT2D eigenvalue weighted by molar-refractivity contribution is 14.0. The fourth-order valence-electron chi connectivity index (χ4n) is 2.70. The maximum Gasteiger partial charge on any atom is 0.191 e. The summed E-state index contributed by atoms with van der Waals surface area (Å²) in [6.45, 7) is 7.63. The molecule has 26 heavy (non-hydrogen) atoms. The lowest BCUT2D eigenvalue weighted by atomic mass is 10.3. The van der Waals surface area contributed by atoms with Crippen LogP contribution in [0.3, 0.4) is 0 Å². The summed E-state index contributed by atoms with van der Waals surface area (Å²) in [5.41, 5.74) is 3.56. The fraction of sp³-hybridized carbons (Fsp3) is 0.368. The van der Waals surface area contributed by atoms with Crippen molar-refractivity contribution >= 4 is 52.3 Å². The summed E-state index contributed by atoms with van der Waals surface area (Å²) in [6.07, 6.45) is 2.94. The van der Waals surface area contributed by atoms with Gasteiger partial charge in [0.25, 0.3) is 0 Å². The zero-order chi connectivity index (χ0) is 17.5. The van der Waals surface area contributed by atoms with Crippen LogP contribution >= 0.6 is 35.3 Å². The first-order valence-corrected chi connectivity index (χ1v) is 9.61. The number of imidazole rings is 1. The minimum Gasteiger partial charge on any atom is -0.357 e. The molecule has 0 radical (unpaired) electrons. The normalized spacial score (nSPS) is 11.4. The van der Waals surface area contributed by atoms with E-state index in [-0.39, 0.29) is 24.0 Å². The Labute approximate surface area is 176 Å². The standard InChI is InChI=1S/C19H25N5S.HI/c1-3-20-19(22-13-18-15(2)9-12-25-18)21-10-6-11-24-14-23-16-7-4-5-8-17(16)24;/h4-5,7-9,12,14H,3,6,10-11,13H2,1-2H3,(H2,20,21,22);1H. The predicted octanol–water partition coefficient (Wildman–Crippen LogP) is 4.17. The van der Waals surface area contributed by atoms with Crippen molar-refractivity contribution in [1.82, 2.24) is 20.2 Å². The Morgan fingerprint density at radius 1 is 1.23 bits per heavy atom. The van der Waals surface area contributed by atoms with Gasteiger partial charge in [0.1, 0.15) is 0 Å². The number of nitrogens with zero attached hydrogens (tertiary/aromatic N) is 3. The van der Waals surface area contributed by atoms with Gasteiger partial charge in [-0.15, -0.1) is 35.3 Å². The smallest absolute Gasteiger partial charge is 0.191 e. The summed E-state index contributed by atoms with van der Waals surface area (Å²) in [6, 6.07) is 10.4. The van der Waals surface area contributed by atoms with Gasteiger partial charge in [-0.25, -0.2) is 9.98 Å². The zero-order valence-electron chi connectivity index (χ0n) is 15.2. The molecule has 2 aromatic heterocycles. The number of thiophene rings is 1. The first-order chi connectivity index (χ1) is 12.3. The van der Waals surface area contributed by atoms with E-state index in [9.17, 15) is 0 Å². The van der Waals surface area contributed by atoms with E-state index in [0.29, 0.717) is 0 Å². The number of fused-ring (bicyclic) bond motifs is 1. The number of rotatable bonds is 7. The fourth-order valence-corrected chi connectivity index (χ4v) is 3.53. The second-order valence-corrected chi connectivity index (χ2v) is 6.93. The lowest BCUT2D eigenvalue weighted by Crippen LogP contribution is -2.38. The van der Waals surface area contributed by atoms with Gasteiger partial charge in [0, 0.05) is 24.5 Å². The van der Waals surface area contributed by atoms with E-state index in [1.54, 1.807) is 11.3 Å². The van der Waals surface area contributed by atoms with E-state index >= 15 is 0 Å². The molecular weight excluding hydrogens is 457 g/mol. The maximum atomic E-state index is 4.69. The highest BCUT2D eigenvalue weighted by Gasteiger charge is 2.03. The molecule has 0 aliphatic rings. The molecule has 7 heteroatoms. The Balaban J connectivity index is 0.00000243. The second-order valence-electron chi connectivity index (χ2n) is 5.93. The van der Waals surface area contributed by atoms with Crippen LogP contribution in [-0.4, -0.2) is 28.6 Å². The average molecular weight is 483 g/mol. The highest BCUT2D eigenvalue weighted by Crippen LogP contribution is 2.16. The Kier molecular flexibility index (Phi) is 8.37. The maximum absolute atomic E-state index is 4.69. The molecule has 0 amide bonds. The largest absolute Gasteiger partial charge is 0.357 e. The predicted molar refractivity (Wildman–Crippen MR) is 122 cm³/mol. The van der Waals surface area contributed by atoms with Crippen LogP contribution in [0, 0.1) is 6.92 Å². The molecule has 3 rings (SSSR count). The number of hydrogen-bond acceptors (Lipinski definition) is 3. The number of aryl methyl sites for hydroxylation is 2. The molecule has 3 aromatic rings. The molecule has 5 nitrogen and oxygen atoms in total. The molecule has 0 saturated carbocycles. The van der Waals surface area contributed by atoms with E-state index in [2.05, 4.69) is 62.6 Å². The third kappa shape index (κ3) is 5.44. The summed E-state index contributed by atoms with van der Waals surface area (Å²) < 4.78 is 2.20. The molecule has 140 valence electrons. The number of aromatic nitrogens is 2. The summed E-state index contributed by atoms with van der Waals surface area (Å²) in [7, 11) is 0. The van der Waals surface area contributed by atoms with E-state index in [0.717, 1.165) is 44.1 Å². The van der Waals surface area contributed by atoms with Crippen molar-refractivity contribution in [1.29, 1.82) is 0 Å². The molecule has 0 atom stereocenters. The van der Waals surface area contributed by atoms with E-state index in [4.69, 9.17) is 0 Å². The van der Waals surface area contributed by atoms with Crippen molar-refractivity contribution in [2.24, 2.45) is 4.99 Å². The first-order valence-electron chi connectivity index (χ1n) is 8.73. The number of nitrogens with one attached hydrogen (secondary N) is 2. The summed E-state index contributed by atoms with van der Waals surface area (Å²) in [4.78, 5) is 10.4. The Morgan fingerprint density at radius 3 is 2.85 bits per heavy atom. The number of benzene rings is 1. The van der Waals surface area contributed by atoms with Gasteiger partial charge in [0.15, 0.2) is 5.96 Å². The Bertz CT molecular complexity index is 839. The number of aliphatic imine (C=N–C) groups is 1. The van der Waals surface area contributed by atoms with Crippen LogP contribution in [0.2, 0.25) is 0 Å². The van der Waals surface area contributed by atoms with Crippen molar-refractivity contribution in [3.63, 3.8) is 0 Å². The summed E-state index contributed by atoms with van der Waals surface area (Å²) in [5.74, 6) is 0.880. The molecule has 1 aromatic carbocycles. The van der Waals surface area contributed by atoms with Crippen LogP contribution in [0.5, 0.6) is 0 Å². The average Bonchev–Trinajstić information content (AvgIpc) is 3.22. The Hall–Kier alpha value is -1.61. The molecule has 0 aliphatic carbocycles. The SMILES string of the molecule is CCNC(=NCc1sccc1C)NCCCn1cnc2ccccc21.I. The monoisotopic (exact) mass is 483 g/mol. The molecule has 0 fully saturated rings. The Morgan fingerprint density at radius 2 is 2.08 bits per heavy atom. The van der Waals surface area contributed by atoms with Gasteiger partial charge in [0.2, 0.25) is 0 Å². The molecule has 0 saturated heterocycles. The first kappa shape index (κ1) is 20.7. The van der Waals surface area contributed by atoms with Gasteiger partial charge in [-0.1, -0.05) is 12.1 Å². The van der Waals surface area contributed by atoms with Crippen LogP contribution in [0.4, 0.5) is 0 Å². The van der Waals surface area contributed by atoms with E-state index in [1.165, 1.54) is 16.0 Å². The number of guanidine groups is 1. The van der Waals surface area contributed by atoms with Crippen LogP contribution in [-0.2, 0) is 13.1 Å². The van der Waals surface area contributed by atoms with Crippen LogP contribution in [0.25, 0.3) is 11.0 Å². The van der Waals surface area contributed by atoms with Crippen molar-refractivity contribution in [3.05, 3.63) is 52.5 Å². The second kappa shape index (κ2) is 10.5. The van der Waals surface area contributed by atoms with E-state index < -0.39 is 0 Å². The van der Waals surface area contributed by atoms with Crippen molar-refractivity contribution in [2.45, 2.75) is 33.4 Å². The third-order valence-corrected chi connectivity index (χ3v) is 5.10. The summed E-state index contributed by atoms with van der Waals surface area (Å²) >= 11 is 1.76. The van der Waals surface area contributed by atoms with Gasteiger partial charge in [-0.3, -0.25) is 0 Å². The van der Waals surface area contributed by atoms with Crippen molar-refractivity contribution in [3.8, 4) is 0 Å². The van der Waals surface area contributed by atoms with E-state index in [1.807, 2.05) is 18.5 Å². The van der Waals surface area contributed by atoms with Gasteiger partial charge >= 0.3 is 0 Å². The lowest BCUT2D eigenvalue weighted by Gasteiger charge is -2.11. The number of hydrogen-bond donors (Lipinski definition) is 2. The zero-order valence-corrected chi connectivity index (χ0v) is 18.4. The highest BCUT2D eigenvalue weighted by atomic mass is 127. The molecule has 0 spiro atoms. The van der Waals surface area contributed by atoms with Gasteiger partial charge in [-0.05, 0) is 49.4 Å².